The van der Waals surface area contributed by atoms with Crippen molar-refractivity contribution in [2.24, 2.45) is 0 Å². The Morgan fingerprint density at radius 3 is 2.81 bits per heavy atom. The first-order valence-corrected chi connectivity index (χ1v) is 6.65. The van der Waals surface area contributed by atoms with Gasteiger partial charge in [0.2, 0.25) is 0 Å². The highest BCUT2D eigenvalue weighted by Gasteiger charge is 2.17. The normalized spacial score (nSPS) is 10.2. The zero-order valence-electron chi connectivity index (χ0n) is 11.0. The van der Waals surface area contributed by atoms with Crippen LogP contribution in [0, 0.1) is 17.0 Å². The van der Waals surface area contributed by atoms with E-state index in [0.29, 0.717) is 10.2 Å². The second-order valence-electron chi connectivity index (χ2n) is 4.32. The van der Waals surface area contributed by atoms with Crippen LogP contribution in [0.4, 0.5) is 17.2 Å². The maximum atomic E-state index is 12.2. The van der Waals surface area contributed by atoms with E-state index in [1.54, 1.807) is 12.1 Å². The molecule has 1 aromatic heterocycles. The van der Waals surface area contributed by atoms with Gasteiger partial charge in [-0.3, -0.25) is 14.9 Å². The number of carbonyl (C=O) groups is 1. The molecule has 0 atom stereocenters. The van der Waals surface area contributed by atoms with Crippen molar-refractivity contribution in [1.29, 1.82) is 0 Å². The van der Waals surface area contributed by atoms with Crippen molar-refractivity contribution in [3.8, 4) is 0 Å². The number of nitrogen functional groups attached to an aromatic ring is 1. The van der Waals surface area contributed by atoms with Gasteiger partial charge in [0, 0.05) is 10.5 Å². The van der Waals surface area contributed by atoms with Gasteiger partial charge in [-0.05, 0) is 40.5 Å². The highest BCUT2D eigenvalue weighted by molar-refractivity contribution is 9.10. The Morgan fingerprint density at radius 1 is 1.43 bits per heavy atom. The fourth-order valence-electron chi connectivity index (χ4n) is 1.67. The monoisotopic (exact) mass is 350 g/mol. The molecular weight excluding hydrogens is 340 g/mol. The number of nitro groups is 1. The summed E-state index contributed by atoms with van der Waals surface area (Å²) in [5, 5.41) is 13.4. The van der Waals surface area contributed by atoms with Gasteiger partial charge in [-0.15, -0.1) is 0 Å². The van der Waals surface area contributed by atoms with Crippen molar-refractivity contribution in [3.63, 3.8) is 0 Å². The first kappa shape index (κ1) is 14.9. The smallest absolute Gasteiger partial charge is 0.288 e. The van der Waals surface area contributed by atoms with E-state index in [1.807, 2.05) is 13.0 Å². The molecule has 3 N–H and O–H groups in total. The number of halogens is 1. The van der Waals surface area contributed by atoms with E-state index in [-0.39, 0.29) is 17.1 Å². The fraction of sp³-hybridized carbons (Fsp3) is 0.0769. The molecular formula is C13H11BrN4O3. The lowest BCUT2D eigenvalue weighted by Crippen LogP contribution is -2.15. The Bertz CT molecular complexity index is 733. The molecule has 0 radical (unpaired) electrons. The van der Waals surface area contributed by atoms with Crippen molar-refractivity contribution < 1.29 is 9.72 Å². The second-order valence-corrected chi connectivity index (χ2v) is 5.18. The lowest BCUT2D eigenvalue weighted by atomic mass is 10.2. The summed E-state index contributed by atoms with van der Waals surface area (Å²) in [6.45, 7) is 1.88. The highest BCUT2D eigenvalue weighted by Crippen LogP contribution is 2.25. The maximum Gasteiger partial charge on any atom is 0.288 e. The van der Waals surface area contributed by atoms with Crippen LogP contribution < -0.4 is 11.1 Å². The van der Waals surface area contributed by atoms with Crippen LogP contribution in [0.2, 0.25) is 0 Å². The number of benzene rings is 1. The third kappa shape index (κ3) is 3.34. The van der Waals surface area contributed by atoms with Gasteiger partial charge >= 0.3 is 0 Å². The molecule has 0 aliphatic carbocycles. The predicted octanol–water partition coefficient (Wildman–Crippen LogP) is 2.90. The minimum Gasteiger partial charge on any atom is -0.383 e. The van der Waals surface area contributed by atoms with Gasteiger partial charge in [0.25, 0.3) is 11.6 Å². The van der Waals surface area contributed by atoms with E-state index < -0.39 is 10.8 Å². The number of nitrogens with two attached hydrogens (primary N) is 1. The van der Waals surface area contributed by atoms with Crippen molar-refractivity contribution >= 4 is 39.0 Å². The lowest BCUT2D eigenvalue weighted by Gasteiger charge is -2.09. The molecule has 0 spiro atoms. The molecule has 0 fully saturated rings. The lowest BCUT2D eigenvalue weighted by molar-refractivity contribution is -0.385. The Morgan fingerprint density at radius 2 is 2.14 bits per heavy atom. The number of amides is 1. The number of carbonyl (C=O) groups excluding carboxylic acids is 1. The number of hydrogen-bond donors (Lipinski definition) is 2. The second kappa shape index (κ2) is 5.88. The summed E-state index contributed by atoms with van der Waals surface area (Å²) in [4.78, 5) is 26.0. The van der Waals surface area contributed by atoms with Gasteiger partial charge < -0.3 is 11.1 Å². The maximum absolute atomic E-state index is 12.2. The Hall–Kier alpha value is -2.48. The number of pyridine rings is 1. The van der Waals surface area contributed by atoms with Crippen LogP contribution in [-0.4, -0.2) is 15.8 Å². The molecule has 21 heavy (non-hydrogen) atoms. The molecule has 0 saturated heterocycles. The molecule has 0 bridgehead atoms. The van der Waals surface area contributed by atoms with E-state index in [2.05, 4.69) is 26.2 Å². The van der Waals surface area contributed by atoms with Crippen molar-refractivity contribution in [1.82, 2.24) is 4.98 Å². The quantitative estimate of drug-likeness (QED) is 0.652. The molecule has 0 unspecified atom stereocenters. The van der Waals surface area contributed by atoms with Crippen molar-refractivity contribution in [2.45, 2.75) is 6.92 Å². The summed E-state index contributed by atoms with van der Waals surface area (Å²) >= 11 is 3.32. The Kier molecular flexibility index (Phi) is 4.18. The molecule has 8 heteroatoms. The minimum absolute atomic E-state index is 0.0439. The summed E-state index contributed by atoms with van der Waals surface area (Å²) < 4.78 is 0.693. The predicted molar refractivity (Wildman–Crippen MR) is 82.1 cm³/mol. The van der Waals surface area contributed by atoms with Crippen LogP contribution in [-0.2, 0) is 0 Å². The van der Waals surface area contributed by atoms with Gasteiger partial charge in [0.05, 0.1) is 16.2 Å². The number of aromatic nitrogens is 1. The van der Waals surface area contributed by atoms with Crippen LogP contribution in [0.1, 0.15) is 15.9 Å². The largest absolute Gasteiger partial charge is 0.383 e. The van der Waals surface area contributed by atoms with E-state index in [9.17, 15) is 14.9 Å². The highest BCUT2D eigenvalue weighted by atomic mass is 79.9. The molecule has 108 valence electrons. The van der Waals surface area contributed by atoms with Crippen molar-refractivity contribution in [2.75, 3.05) is 11.1 Å². The molecule has 7 nitrogen and oxygen atoms in total. The molecule has 0 aliphatic heterocycles. The molecule has 0 saturated carbocycles. The molecule has 1 amide bonds. The average molecular weight is 351 g/mol. The Balaban J connectivity index is 2.34. The number of hydrogen-bond acceptors (Lipinski definition) is 5. The van der Waals surface area contributed by atoms with Crippen LogP contribution >= 0.6 is 15.9 Å². The molecule has 2 aromatic rings. The van der Waals surface area contributed by atoms with Gasteiger partial charge in [-0.2, -0.15) is 0 Å². The van der Waals surface area contributed by atoms with Gasteiger partial charge in [0.15, 0.2) is 0 Å². The van der Waals surface area contributed by atoms with Crippen LogP contribution in [0.25, 0.3) is 0 Å². The first-order valence-electron chi connectivity index (χ1n) is 5.86. The zero-order valence-corrected chi connectivity index (χ0v) is 12.5. The van der Waals surface area contributed by atoms with Gasteiger partial charge in [-0.1, -0.05) is 6.07 Å². The fourth-order valence-corrected chi connectivity index (χ4v) is 2.02. The number of anilines is 2. The molecule has 2 rings (SSSR count). The summed E-state index contributed by atoms with van der Waals surface area (Å²) in [5.74, 6) is -0.628. The Labute approximate surface area is 128 Å². The molecule has 1 aromatic carbocycles. The zero-order chi connectivity index (χ0) is 15.6. The van der Waals surface area contributed by atoms with Gasteiger partial charge in [-0.25, -0.2) is 4.98 Å². The standard InChI is InChI=1S/C13H11BrN4O3/c1-7-2-3-10(14)11(4-7)17-13(19)9-5-8(18(20)21)6-16-12(9)15/h2-6H,1H3,(H2,15,16)(H,17,19). The third-order valence-corrected chi connectivity index (χ3v) is 3.42. The van der Waals surface area contributed by atoms with Crippen molar-refractivity contribution in [3.05, 3.63) is 56.2 Å². The van der Waals surface area contributed by atoms with Crippen LogP contribution in [0.15, 0.2) is 34.9 Å². The van der Waals surface area contributed by atoms with E-state index in [0.717, 1.165) is 17.8 Å². The summed E-state index contributed by atoms with van der Waals surface area (Å²) in [7, 11) is 0. The summed E-state index contributed by atoms with van der Waals surface area (Å²) in [6.07, 6.45) is 1.01. The number of nitrogens with one attached hydrogen (secondary N) is 1. The average Bonchev–Trinajstić information content (AvgIpc) is 2.43. The van der Waals surface area contributed by atoms with Gasteiger partial charge in [0.1, 0.15) is 12.0 Å². The number of nitrogens with zero attached hydrogens (tertiary/aromatic N) is 2. The van der Waals surface area contributed by atoms with E-state index in [4.69, 9.17) is 5.73 Å². The third-order valence-electron chi connectivity index (χ3n) is 2.73. The first-order chi connectivity index (χ1) is 9.88. The summed E-state index contributed by atoms with van der Waals surface area (Å²) in [5.41, 5.74) is 6.77. The number of rotatable bonds is 3. The SMILES string of the molecule is Cc1ccc(Br)c(NC(=O)c2cc([N+](=O)[O-])cnc2N)c1. The topological polar surface area (TPSA) is 111 Å². The van der Waals surface area contributed by atoms with E-state index >= 15 is 0 Å². The summed E-state index contributed by atoms with van der Waals surface area (Å²) in [6, 6.07) is 6.54. The molecule has 1 heterocycles. The minimum atomic E-state index is -0.633. The van der Waals surface area contributed by atoms with Crippen LogP contribution in [0.5, 0.6) is 0 Å². The molecule has 0 aliphatic rings. The van der Waals surface area contributed by atoms with E-state index in [1.165, 1.54) is 0 Å². The van der Waals surface area contributed by atoms with Crippen LogP contribution in [0.3, 0.4) is 0 Å². The number of aryl methyl sites for hydroxylation is 1.